The molecule has 2 aromatic carbocycles. The quantitative estimate of drug-likeness (QED) is 0.502. The smallest absolute Gasteiger partial charge is 0.266 e. The molecule has 1 aliphatic rings. The number of thioether (sulfide) groups is 1. The minimum atomic E-state index is -0.00115. The van der Waals surface area contributed by atoms with E-state index in [9.17, 15) is 4.79 Å². The molecule has 0 saturated carbocycles. The second kappa shape index (κ2) is 8.52. The van der Waals surface area contributed by atoms with Crippen LogP contribution in [0.25, 0.3) is 6.08 Å². The highest BCUT2D eigenvalue weighted by Gasteiger charge is 2.34. The number of ether oxygens (including phenoxy) is 1. The Hall–Kier alpha value is -2.11. The highest BCUT2D eigenvalue weighted by atomic mass is 32.2. The maximum atomic E-state index is 12.6. The Bertz CT molecular complexity index is 816. The number of carbonyl (C=O) groups excluding carboxylic acids is 1. The van der Waals surface area contributed by atoms with E-state index in [1.165, 1.54) is 11.8 Å². The first kappa shape index (κ1) is 18.7. The molecular weight excluding hydrogens is 362 g/mol. The second-order valence-corrected chi connectivity index (χ2v) is 7.83. The van der Waals surface area contributed by atoms with Crippen LogP contribution in [-0.4, -0.2) is 21.2 Å². The maximum Gasteiger partial charge on any atom is 0.266 e. The fourth-order valence-electron chi connectivity index (χ4n) is 2.59. The highest BCUT2D eigenvalue weighted by Crippen LogP contribution is 2.34. The minimum Gasteiger partial charge on any atom is -0.489 e. The lowest BCUT2D eigenvalue weighted by Gasteiger charge is -2.21. The van der Waals surface area contributed by atoms with Crippen LogP contribution in [0.4, 0.5) is 0 Å². The van der Waals surface area contributed by atoms with E-state index in [1.54, 1.807) is 4.90 Å². The van der Waals surface area contributed by atoms with Crippen LogP contribution >= 0.6 is 24.0 Å². The SMILES string of the molecule is CC[C@H](C)N1C(=O)/C(=C/c2ccc(OCc3ccccc3)cc2)SC1=S. The summed E-state index contributed by atoms with van der Waals surface area (Å²) < 4.78 is 6.43. The molecule has 5 heteroatoms. The molecule has 2 aromatic rings. The van der Waals surface area contributed by atoms with E-state index in [4.69, 9.17) is 17.0 Å². The Morgan fingerprint density at radius 3 is 2.50 bits per heavy atom. The van der Waals surface area contributed by atoms with Gasteiger partial charge >= 0.3 is 0 Å². The third kappa shape index (κ3) is 4.34. The summed E-state index contributed by atoms with van der Waals surface area (Å²) in [6.07, 6.45) is 2.77. The molecule has 1 heterocycles. The zero-order chi connectivity index (χ0) is 18.5. The average molecular weight is 384 g/mol. The molecule has 3 nitrogen and oxygen atoms in total. The van der Waals surface area contributed by atoms with Crippen molar-refractivity contribution in [2.75, 3.05) is 0 Å². The van der Waals surface area contributed by atoms with Crippen LogP contribution < -0.4 is 4.74 Å². The second-order valence-electron chi connectivity index (χ2n) is 6.15. The molecule has 0 spiro atoms. The lowest BCUT2D eigenvalue weighted by molar-refractivity contribution is -0.123. The Morgan fingerprint density at radius 1 is 1.15 bits per heavy atom. The number of benzene rings is 2. The Labute approximate surface area is 164 Å². The molecule has 3 rings (SSSR count). The number of amides is 1. The van der Waals surface area contributed by atoms with Crippen LogP contribution in [0, 0.1) is 0 Å². The van der Waals surface area contributed by atoms with Gasteiger partial charge in [0.25, 0.3) is 5.91 Å². The number of hydrogen-bond acceptors (Lipinski definition) is 4. The highest BCUT2D eigenvalue weighted by molar-refractivity contribution is 8.26. The van der Waals surface area contributed by atoms with Gasteiger partial charge in [-0.2, -0.15) is 0 Å². The van der Waals surface area contributed by atoms with Crippen LogP contribution in [0.15, 0.2) is 59.5 Å². The first-order chi connectivity index (χ1) is 12.6. The molecule has 26 heavy (non-hydrogen) atoms. The molecule has 0 radical (unpaired) electrons. The van der Waals surface area contributed by atoms with Gasteiger partial charge in [-0.15, -0.1) is 0 Å². The predicted octanol–water partition coefficient (Wildman–Crippen LogP) is 5.27. The van der Waals surface area contributed by atoms with Crippen LogP contribution in [-0.2, 0) is 11.4 Å². The van der Waals surface area contributed by atoms with E-state index >= 15 is 0 Å². The Kier molecular flexibility index (Phi) is 6.12. The zero-order valence-electron chi connectivity index (χ0n) is 14.8. The van der Waals surface area contributed by atoms with Crippen molar-refractivity contribution in [2.45, 2.75) is 32.9 Å². The van der Waals surface area contributed by atoms with Crippen LogP contribution in [0.5, 0.6) is 5.75 Å². The molecule has 1 saturated heterocycles. The van der Waals surface area contributed by atoms with Crippen molar-refractivity contribution >= 4 is 40.3 Å². The number of carbonyl (C=O) groups is 1. The first-order valence-electron chi connectivity index (χ1n) is 8.62. The molecule has 0 unspecified atom stereocenters. The van der Waals surface area contributed by atoms with Crippen molar-refractivity contribution < 1.29 is 9.53 Å². The summed E-state index contributed by atoms with van der Waals surface area (Å²) >= 11 is 6.73. The van der Waals surface area contributed by atoms with Gasteiger partial charge in [-0.3, -0.25) is 9.69 Å². The van der Waals surface area contributed by atoms with Crippen LogP contribution in [0.2, 0.25) is 0 Å². The van der Waals surface area contributed by atoms with E-state index in [1.807, 2.05) is 67.6 Å². The Balaban J connectivity index is 1.66. The summed E-state index contributed by atoms with van der Waals surface area (Å²) in [4.78, 5) is 15.0. The van der Waals surface area contributed by atoms with Gasteiger partial charge < -0.3 is 4.74 Å². The molecule has 0 N–H and O–H groups in total. The topological polar surface area (TPSA) is 29.5 Å². The average Bonchev–Trinajstić information content (AvgIpc) is 2.94. The summed E-state index contributed by atoms with van der Waals surface area (Å²) in [5.41, 5.74) is 2.09. The van der Waals surface area contributed by atoms with Crippen molar-refractivity contribution in [2.24, 2.45) is 0 Å². The molecule has 0 bridgehead atoms. The fourth-order valence-corrected chi connectivity index (χ4v) is 4.06. The van der Waals surface area contributed by atoms with Gasteiger partial charge in [0.2, 0.25) is 0 Å². The van der Waals surface area contributed by atoms with E-state index < -0.39 is 0 Å². The van der Waals surface area contributed by atoms with Gasteiger partial charge in [0.05, 0.1) is 4.91 Å². The summed E-state index contributed by atoms with van der Waals surface area (Å²) in [5, 5.41) is 0. The van der Waals surface area contributed by atoms with E-state index in [0.717, 1.165) is 23.3 Å². The predicted molar refractivity (Wildman–Crippen MR) is 112 cm³/mol. The number of nitrogens with zero attached hydrogens (tertiary/aromatic N) is 1. The molecule has 1 atom stereocenters. The van der Waals surface area contributed by atoms with Gasteiger partial charge in [-0.1, -0.05) is 73.4 Å². The fraction of sp³-hybridized carbons (Fsp3) is 0.238. The van der Waals surface area contributed by atoms with Gasteiger partial charge in [-0.05, 0) is 42.7 Å². The lowest BCUT2D eigenvalue weighted by atomic mass is 10.2. The first-order valence-corrected chi connectivity index (χ1v) is 9.85. The molecule has 1 fully saturated rings. The summed E-state index contributed by atoms with van der Waals surface area (Å²) in [6, 6.07) is 17.9. The third-order valence-corrected chi connectivity index (χ3v) is 5.61. The summed E-state index contributed by atoms with van der Waals surface area (Å²) in [5.74, 6) is 0.803. The van der Waals surface area contributed by atoms with E-state index in [2.05, 4.69) is 6.92 Å². The van der Waals surface area contributed by atoms with Gasteiger partial charge in [-0.25, -0.2) is 0 Å². The van der Waals surface area contributed by atoms with Crippen molar-refractivity contribution in [1.82, 2.24) is 4.90 Å². The monoisotopic (exact) mass is 383 g/mol. The lowest BCUT2D eigenvalue weighted by Crippen LogP contribution is -2.36. The van der Waals surface area contributed by atoms with Gasteiger partial charge in [0.15, 0.2) is 0 Å². The van der Waals surface area contributed by atoms with Crippen LogP contribution in [0.3, 0.4) is 0 Å². The molecular formula is C21H21NO2S2. The van der Waals surface area contributed by atoms with E-state index in [0.29, 0.717) is 15.8 Å². The minimum absolute atomic E-state index is 0.00115. The molecule has 1 aliphatic heterocycles. The number of thiocarbonyl (C=S) groups is 1. The third-order valence-electron chi connectivity index (χ3n) is 4.28. The zero-order valence-corrected chi connectivity index (χ0v) is 16.5. The molecule has 1 amide bonds. The molecule has 0 aromatic heterocycles. The van der Waals surface area contributed by atoms with Crippen LogP contribution in [0.1, 0.15) is 31.4 Å². The standard InChI is InChI=1S/C21H21NO2S2/c1-3-15(2)22-20(23)19(26-21(22)25)13-16-9-11-18(12-10-16)24-14-17-7-5-4-6-8-17/h4-13,15H,3,14H2,1-2H3/b19-13-/t15-/m0/s1. The molecule has 0 aliphatic carbocycles. The van der Waals surface area contributed by atoms with E-state index in [-0.39, 0.29) is 11.9 Å². The number of rotatable bonds is 6. The van der Waals surface area contributed by atoms with Crippen molar-refractivity contribution in [3.8, 4) is 5.75 Å². The van der Waals surface area contributed by atoms with Gasteiger partial charge in [0.1, 0.15) is 16.7 Å². The normalized spacial score (nSPS) is 17.0. The maximum absolute atomic E-state index is 12.6. The van der Waals surface area contributed by atoms with Gasteiger partial charge in [0, 0.05) is 6.04 Å². The van der Waals surface area contributed by atoms with Crippen molar-refractivity contribution in [1.29, 1.82) is 0 Å². The van der Waals surface area contributed by atoms with Crippen molar-refractivity contribution in [3.05, 3.63) is 70.6 Å². The molecule has 134 valence electrons. The largest absolute Gasteiger partial charge is 0.489 e. The van der Waals surface area contributed by atoms with Crippen molar-refractivity contribution in [3.63, 3.8) is 0 Å². The number of hydrogen-bond donors (Lipinski definition) is 0. The Morgan fingerprint density at radius 2 is 1.85 bits per heavy atom. The summed E-state index contributed by atoms with van der Waals surface area (Å²) in [6.45, 7) is 4.61. The summed E-state index contributed by atoms with van der Waals surface area (Å²) in [7, 11) is 0.